The van der Waals surface area contributed by atoms with Gasteiger partial charge >= 0.3 is 0 Å². The van der Waals surface area contributed by atoms with Crippen molar-refractivity contribution in [2.45, 2.75) is 13.0 Å². The maximum absolute atomic E-state index is 5.70. The quantitative estimate of drug-likeness (QED) is 0.387. The van der Waals surface area contributed by atoms with Crippen molar-refractivity contribution in [2.75, 3.05) is 5.88 Å². The van der Waals surface area contributed by atoms with E-state index in [1.807, 2.05) is 22.9 Å². The lowest BCUT2D eigenvalue weighted by Gasteiger charge is -2.04. The molecule has 1 rings (SSSR count). The van der Waals surface area contributed by atoms with Gasteiger partial charge in [-0.2, -0.15) is 0 Å². The Labute approximate surface area is 109 Å². The van der Waals surface area contributed by atoms with Gasteiger partial charge in [-0.05, 0) is 19.1 Å². The van der Waals surface area contributed by atoms with Crippen molar-refractivity contribution >= 4 is 40.2 Å². The third-order valence-electron chi connectivity index (χ3n) is 1.82. The van der Waals surface area contributed by atoms with E-state index in [4.69, 9.17) is 11.6 Å². The Morgan fingerprint density at radius 1 is 1.73 bits per heavy atom. The second-order valence-corrected chi connectivity index (χ2v) is 3.94. The summed E-state index contributed by atoms with van der Waals surface area (Å²) in [6.07, 6.45) is 11.4. The van der Waals surface area contributed by atoms with Gasteiger partial charge in [0.05, 0.1) is 6.33 Å². The van der Waals surface area contributed by atoms with Gasteiger partial charge in [0.15, 0.2) is 0 Å². The molecule has 1 N–H and O–H groups in total. The van der Waals surface area contributed by atoms with E-state index in [1.54, 1.807) is 12.5 Å². The van der Waals surface area contributed by atoms with Crippen LogP contribution in [0.1, 0.15) is 6.92 Å². The molecule has 0 aliphatic carbocycles. The Morgan fingerprint density at radius 2 is 2.53 bits per heavy atom. The van der Waals surface area contributed by atoms with E-state index in [-0.39, 0.29) is 0 Å². The van der Waals surface area contributed by atoms with Crippen LogP contribution in [0, 0.1) is 0 Å². The zero-order valence-electron chi connectivity index (χ0n) is 8.40. The molecule has 0 aliphatic heterocycles. The lowest BCUT2D eigenvalue weighted by atomic mass is 10.3. The maximum atomic E-state index is 5.70. The van der Waals surface area contributed by atoms with Gasteiger partial charge in [-0.25, -0.2) is 4.98 Å². The number of rotatable bonds is 5. The van der Waals surface area contributed by atoms with Crippen LogP contribution < -0.4 is 3.53 Å². The van der Waals surface area contributed by atoms with Crippen LogP contribution in [0.5, 0.6) is 0 Å². The molecular weight excluding hydrogens is 324 g/mol. The first-order valence-electron chi connectivity index (χ1n) is 4.56. The summed E-state index contributed by atoms with van der Waals surface area (Å²) in [4.78, 5) is 4.00. The minimum atomic E-state index is 0.327. The predicted octanol–water partition coefficient (Wildman–Crippen LogP) is 2.85. The molecule has 0 bridgehead atoms. The van der Waals surface area contributed by atoms with E-state index in [9.17, 15) is 0 Å². The molecule has 1 atom stereocenters. The minimum Gasteiger partial charge on any atom is -0.307 e. The number of halogens is 2. The van der Waals surface area contributed by atoms with Crippen LogP contribution in [0.3, 0.4) is 0 Å². The largest absolute Gasteiger partial charge is 0.307 e. The normalized spacial score (nSPS) is 14.7. The first kappa shape index (κ1) is 12.7. The Hall–Kier alpha value is -0.330. The number of alkyl halides is 1. The molecule has 3 nitrogen and oxygen atoms in total. The monoisotopic (exact) mass is 337 g/mol. The van der Waals surface area contributed by atoms with Gasteiger partial charge < -0.3 is 4.57 Å². The topological polar surface area (TPSA) is 29.9 Å². The second kappa shape index (κ2) is 7.03. The van der Waals surface area contributed by atoms with Crippen molar-refractivity contribution in [3.05, 3.63) is 36.9 Å². The van der Waals surface area contributed by atoms with Crippen LogP contribution in [0.15, 0.2) is 36.9 Å². The summed E-state index contributed by atoms with van der Waals surface area (Å²) in [5.74, 6) is 0.490. The molecule has 1 heterocycles. The van der Waals surface area contributed by atoms with Crippen LogP contribution in [-0.4, -0.2) is 21.5 Å². The highest BCUT2D eigenvalue weighted by Gasteiger charge is 1.96. The van der Waals surface area contributed by atoms with Gasteiger partial charge in [0.25, 0.3) is 0 Å². The van der Waals surface area contributed by atoms with Gasteiger partial charge in [0.1, 0.15) is 0 Å². The van der Waals surface area contributed by atoms with E-state index in [2.05, 4.69) is 44.4 Å². The third kappa shape index (κ3) is 4.36. The fourth-order valence-electron chi connectivity index (χ4n) is 1.03. The van der Waals surface area contributed by atoms with Gasteiger partial charge in [0, 0.05) is 52.9 Å². The van der Waals surface area contributed by atoms with Crippen LogP contribution in [0.4, 0.5) is 0 Å². The first-order chi connectivity index (χ1) is 7.27. The molecule has 0 aromatic carbocycles. The molecular formula is C10H13ClIN3. The van der Waals surface area contributed by atoms with Gasteiger partial charge in [-0.15, -0.1) is 11.6 Å². The molecule has 82 valence electrons. The first-order valence-corrected chi connectivity index (χ1v) is 6.18. The fraction of sp³-hybridized carbons (Fsp3) is 0.300. The lowest BCUT2D eigenvalue weighted by molar-refractivity contribution is 0.879. The highest BCUT2D eigenvalue weighted by molar-refractivity contribution is 14.1. The number of imidazole rings is 1. The van der Waals surface area contributed by atoms with Crippen molar-refractivity contribution in [1.29, 1.82) is 0 Å². The molecule has 0 spiro atoms. The summed E-state index contributed by atoms with van der Waals surface area (Å²) in [5, 5.41) is 0. The van der Waals surface area contributed by atoms with Crippen molar-refractivity contribution in [3.63, 3.8) is 0 Å². The Kier molecular flexibility index (Phi) is 5.97. The number of allylic oxidation sites excluding steroid dienone is 3. The standard InChI is InChI=1S/C10H13ClIN3/c1-9(14-12)2-3-10(4-5-11)15-7-6-13-8-15/h2-4,6-9,14H,5H2,1H3/b3-2-,10-4+. The smallest absolute Gasteiger partial charge is 0.0991 e. The average Bonchev–Trinajstić information content (AvgIpc) is 2.76. The van der Waals surface area contributed by atoms with Crippen LogP contribution >= 0.6 is 34.5 Å². The molecule has 1 aromatic rings. The van der Waals surface area contributed by atoms with Gasteiger partial charge in [0.2, 0.25) is 0 Å². The third-order valence-corrected chi connectivity index (χ3v) is 2.95. The molecule has 15 heavy (non-hydrogen) atoms. The number of aromatic nitrogens is 2. The summed E-state index contributed by atoms with van der Waals surface area (Å²) in [7, 11) is 0. The molecule has 0 saturated heterocycles. The highest BCUT2D eigenvalue weighted by atomic mass is 127. The minimum absolute atomic E-state index is 0.327. The number of nitrogens with zero attached hydrogens (tertiary/aromatic N) is 2. The number of nitrogens with one attached hydrogen (secondary N) is 1. The highest BCUT2D eigenvalue weighted by Crippen LogP contribution is 2.07. The van der Waals surface area contributed by atoms with Crippen molar-refractivity contribution in [3.8, 4) is 0 Å². The molecule has 0 amide bonds. The molecule has 0 fully saturated rings. The summed E-state index contributed by atoms with van der Waals surface area (Å²) < 4.78 is 5.04. The Bertz CT molecular complexity index is 332. The predicted molar refractivity (Wildman–Crippen MR) is 73.0 cm³/mol. The fourth-order valence-corrected chi connectivity index (χ4v) is 1.40. The number of hydrogen-bond acceptors (Lipinski definition) is 2. The van der Waals surface area contributed by atoms with E-state index in [0.29, 0.717) is 11.9 Å². The summed E-state index contributed by atoms with van der Waals surface area (Å²) in [6, 6.07) is 0.327. The van der Waals surface area contributed by atoms with Crippen LogP contribution in [0.25, 0.3) is 5.70 Å². The van der Waals surface area contributed by atoms with Crippen LogP contribution in [0.2, 0.25) is 0 Å². The number of hydrogen-bond donors (Lipinski definition) is 1. The Balaban J connectivity index is 2.77. The van der Waals surface area contributed by atoms with Gasteiger partial charge in [-0.3, -0.25) is 3.53 Å². The molecule has 5 heteroatoms. The molecule has 1 unspecified atom stereocenters. The Morgan fingerprint density at radius 3 is 3.07 bits per heavy atom. The molecule has 0 radical (unpaired) electrons. The summed E-state index contributed by atoms with van der Waals surface area (Å²) >= 11 is 7.83. The SMILES string of the molecule is CC(/C=C\C(=C/CCl)n1ccnc1)NI. The molecule has 0 saturated carbocycles. The molecule has 1 aromatic heterocycles. The van der Waals surface area contributed by atoms with E-state index >= 15 is 0 Å². The van der Waals surface area contributed by atoms with Crippen LogP contribution in [-0.2, 0) is 0 Å². The van der Waals surface area contributed by atoms with E-state index < -0.39 is 0 Å². The molecule has 0 aliphatic rings. The van der Waals surface area contributed by atoms with E-state index in [0.717, 1.165) is 5.70 Å². The second-order valence-electron chi connectivity index (χ2n) is 3.01. The van der Waals surface area contributed by atoms with E-state index in [1.165, 1.54) is 0 Å². The zero-order valence-corrected chi connectivity index (χ0v) is 11.3. The van der Waals surface area contributed by atoms with Crippen molar-refractivity contribution < 1.29 is 0 Å². The van der Waals surface area contributed by atoms with Crippen molar-refractivity contribution in [2.24, 2.45) is 0 Å². The summed E-state index contributed by atoms with van der Waals surface area (Å²) in [6.45, 7) is 2.08. The summed E-state index contributed by atoms with van der Waals surface area (Å²) in [5.41, 5.74) is 1.03. The average molecular weight is 338 g/mol. The van der Waals surface area contributed by atoms with Crippen molar-refractivity contribution in [1.82, 2.24) is 13.1 Å². The van der Waals surface area contributed by atoms with Gasteiger partial charge in [-0.1, -0.05) is 6.08 Å². The zero-order chi connectivity index (χ0) is 11.1. The lowest BCUT2D eigenvalue weighted by Crippen LogP contribution is -2.11. The maximum Gasteiger partial charge on any atom is 0.0991 e.